The van der Waals surface area contributed by atoms with Gasteiger partial charge in [0.25, 0.3) is 0 Å². The lowest BCUT2D eigenvalue weighted by atomic mass is 10.0. The summed E-state index contributed by atoms with van der Waals surface area (Å²) in [5, 5.41) is 4.60. The predicted octanol–water partition coefficient (Wildman–Crippen LogP) is 4.92. The molecule has 0 radical (unpaired) electrons. The van der Waals surface area contributed by atoms with Crippen LogP contribution in [0.5, 0.6) is 5.75 Å². The van der Waals surface area contributed by atoms with Crippen LogP contribution < -0.4 is 4.74 Å². The third-order valence-corrected chi connectivity index (χ3v) is 6.72. The fourth-order valence-corrected chi connectivity index (χ4v) is 5.08. The molecule has 5 rings (SSSR count). The van der Waals surface area contributed by atoms with Crippen molar-refractivity contribution in [3.8, 4) is 17.0 Å². The molecule has 5 heteroatoms. The van der Waals surface area contributed by atoms with Crippen LogP contribution in [0.4, 0.5) is 0 Å². The molecule has 3 heterocycles. The second-order valence-corrected chi connectivity index (χ2v) is 8.80. The molecule has 2 aromatic heterocycles. The summed E-state index contributed by atoms with van der Waals surface area (Å²) in [6, 6.07) is 11.3. The quantitative estimate of drug-likeness (QED) is 0.432. The standard InChI is InChI=1S/C25H32N4O/c1-19-8-6-15-28(19)16-7-17-30-21-10-5-9-20(18-21)25-22-11-3-2-4-12-23(22)27-24-13-14-26-29(24)25/h5,9-10,13-14,18-19H,2-4,6-8,11-12,15-17H2,1H3. The molecule has 1 unspecified atom stereocenters. The van der Waals surface area contributed by atoms with E-state index in [-0.39, 0.29) is 0 Å². The average Bonchev–Trinajstić information content (AvgIpc) is 3.32. The van der Waals surface area contributed by atoms with Crippen LogP contribution in [-0.2, 0) is 12.8 Å². The van der Waals surface area contributed by atoms with E-state index >= 15 is 0 Å². The van der Waals surface area contributed by atoms with Gasteiger partial charge < -0.3 is 9.64 Å². The van der Waals surface area contributed by atoms with Gasteiger partial charge in [0.1, 0.15) is 5.75 Å². The maximum absolute atomic E-state index is 6.15. The number of aryl methyl sites for hydroxylation is 1. The third kappa shape index (κ3) is 3.95. The molecule has 1 aliphatic carbocycles. The number of aromatic nitrogens is 3. The van der Waals surface area contributed by atoms with Crippen LogP contribution in [0.3, 0.4) is 0 Å². The first kappa shape index (κ1) is 19.6. The third-order valence-electron chi connectivity index (χ3n) is 6.72. The molecule has 1 aromatic carbocycles. The van der Waals surface area contributed by atoms with E-state index < -0.39 is 0 Å². The molecule has 0 spiro atoms. The zero-order valence-electron chi connectivity index (χ0n) is 18.0. The molecule has 0 N–H and O–H groups in total. The molecule has 3 aromatic rings. The highest BCUT2D eigenvalue weighted by Gasteiger charge is 2.20. The summed E-state index contributed by atoms with van der Waals surface area (Å²) >= 11 is 0. The number of likely N-dealkylation sites (tertiary alicyclic amines) is 1. The van der Waals surface area contributed by atoms with Gasteiger partial charge in [-0.25, -0.2) is 9.50 Å². The molecule has 0 amide bonds. The number of hydrogen-bond acceptors (Lipinski definition) is 4. The van der Waals surface area contributed by atoms with E-state index in [1.54, 1.807) is 0 Å². The lowest BCUT2D eigenvalue weighted by Gasteiger charge is -2.20. The predicted molar refractivity (Wildman–Crippen MR) is 120 cm³/mol. The Kier molecular flexibility index (Phi) is 5.71. The molecule has 2 aliphatic rings. The van der Waals surface area contributed by atoms with Gasteiger partial charge in [-0.15, -0.1) is 0 Å². The average molecular weight is 405 g/mol. The molecule has 1 saturated heterocycles. The van der Waals surface area contributed by atoms with Crippen LogP contribution in [0.25, 0.3) is 16.9 Å². The highest BCUT2D eigenvalue weighted by Crippen LogP contribution is 2.32. The van der Waals surface area contributed by atoms with Crippen LogP contribution in [0, 0.1) is 0 Å². The van der Waals surface area contributed by atoms with Crippen molar-refractivity contribution in [2.24, 2.45) is 0 Å². The topological polar surface area (TPSA) is 42.7 Å². The maximum Gasteiger partial charge on any atom is 0.155 e. The molecule has 158 valence electrons. The highest BCUT2D eigenvalue weighted by molar-refractivity contribution is 5.69. The molecule has 0 bridgehead atoms. The fraction of sp³-hybridized carbons (Fsp3) is 0.520. The second-order valence-electron chi connectivity index (χ2n) is 8.80. The number of rotatable bonds is 6. The Labute approximate surface area is 179 Å². The maximum atomic E-state index is 6.15. The van der Waals surface area contributed by atoms with Gasteiger partial charge in [0, 0.05) is 35.5 Å². The Hall–Kier alpha value is -2.40. The van der Waals surface area contributed by atoms with Crippen LogP contribution in [0.1, 0.15) is 56.7 Å². The lowest BCUT2D eigenvalue weighted by Crippen LogP contribution is -2.28. The largest absolute Gasteiger partial charge is 0.494 e. The Balaban J connectivity index is 1.37. The van der Waals surface area contributed by atoms with Crippen LogP contribution in [0.2, 0.25) is 0 Å². The molecule has 1 atom stereocenters. The van der Waals surface area contributed by atoms with Gasteiger partial charge in [0.05, 0.1) is 18.5 Å². The molecular weight excluding hydrogens is 372 g/mol. The summed E-state index contributed by atoms with van der Waals surface area (Å²) in [4.78, 5) is 7.50. The molecular formula is C25H32N4O. The first-order chi connectivity index (χ1) is 14.8. The molecule has 30 heavy (non-hydrogen) atoms. The SMILES string of the molecule is CC1CCCN1CCCOc1cccc(-c2c3c(nc4ccnn24)CCCCC3)c1. The number of fused-ring (bicyclic) bond motifs is 2. The first-order valence-electron chi connectivity index (χ1n) is 11.6. The van der Waals surface area contributed by atoms with Crippen molar-refractivity contribution >= 4 is 5.65 Å². The minimum atomic E-state index is 0.728. The summed E-state index contributed by atoms with van der Waals surface area (Å²) in [6.45, 7) is 5.47. The summed E-state index contributed by atoms with van der Waals surface area (Å²) in [6.07, 6.45) is 11.5. The summed E-state index contributed by atoms with van der Waals surface area (Å²) in [5.74, 6) is 0.946. The number of nitrogens with zero attached hydrogens (tertiary/aromatic N) is 4. The van der Waals surface area contributed by atoms with E-state index in [2.05, 4.69) is 41.2 Å². The van der Waals surface area contributed by atoms with Crippen molar-refractivity contribution in [2.75, 3.05) is 19.7 Å². The lowest BCUT2D eigenvalue weighted by molar-refractivity contribution is 0.230. The summed E-state index contributed by atoms with van der Waals surface area (Å²) in [7, 11) is 0. The Morgan fingerprint density at radius 1 is 1.10 bits per heavy atom. The van der Waals surface area contributed by atoms with Crippen molar-refractivity contribution in [1.29, 1.82) is 0 Å². The van der Waals surface area contributed by atoms with Crippen LogP contribution in [0.15, 0.2) is 36.5 Å². The van der Waals surface area contributed by atoms with Gasteiger partial charge in [-0.1, -0.05) is 18.6 Å². The monoisotopic (exact) mass is 404 g/mol. The van der Waals surface area contributed by atoms with Gasteiger partial charge >= 0.3 is 0 Å². The minimum absolute atomic E-state index is 0.728. The van der Waals surface area contributed by atoms with E-state index in [9.17, 15) is 0 Å². The van der Waals surface area contributed by atoms with E-state index in [1.165, 1.54) is 61.2 Å². The molecule has 1 aliphatic heterocycles. The Morgan fingerprint density at radius 3 is 2.93 bits per heavy atom. The first-order valence-corrected chi connectivity index (χ1v) is 11.6. The Bertz CT molecular complexity index is 1010. The van der Waals surface area contributed by atoms with Crippen molar-refractivity contribution in [1.82, 2.24) is 19.5 Å². The normalized spacial score (nSPS) is 19.7. The smallest absolute Gasteiger partial charge is 0.155 e. The fourth-order valence-electron chi connectivity index (χ4n) is 5.08. The molecule has 1 fully saturated rings. The van der Waals surface area contributed by atoms with Gasteiger partial charge in [0.2, 0.25) is 0 Å². The second kappa shape index (κ2) is 8.76. The number of hydrogen-bond donors (Lipinski definition) is 0. The zero-order chi connectivity index (χ0) is 20.3. The van der Waals surface area contributed by atoms with Crippen LogP contribution >= 0.6 is 0 Å². The highest BCUT2D eigenvalue weighted by atomic mass is 16.5. The van der Waals surface area contributed by atoms with Crippen molar-refractivity contribution in [3.63, 3.8) is 0 Å². The van der Waals surface area contributed by atoms with Gasteiger partial charge in [-0.2, -0.15) is 5.10 Å². The number of ether oxygens (including phenoxy) is 1. The van der Waals surface area contributed by atoms with E-state index in [4.69, 9.17) is 9.72 Å². The van der Waals surface area contributed by atoms with E-state index in [0.717, 1.165) is 49.9 Å². The number of benzene rings is 1. The van der Waals surface area contributed by atoms with Gasteiger partial charge in [-0.3, -0.25) is 0 Å². The molecule has 5 nitrogen and oxygen atoms in total. The molecule has 0 saturated carbocycles. The zero-order valence-corrected chi connectivity index (χ0v) is 18.0. The van der Waals surface area contributed by atoms with E-state index in [0.29, 0.717) is 0 Å². The Morgan fingerprint density at radius 2 is 2.03 bits per heavy atom. The van der Waals surface area contributed by atoms with Crippen molar-refractivity contribution < 1.29 is 4.74 Å². The van der Waals surface area contributed by atoms with Crippen LogP contribution in [-0.4, -0.2) is 45.2 Å². The van der Waals surface area contributed by atoms with E-state index in [1.807, 2.05) is 16.8 Å². The van der Waals surface area contributed by atoms with Gasteiger partial charge in [-0.05, 0) is 70.5 Å². The summed E-state index contributed by atoms with van der Waals surface area (Å²) in [5.41, 5.74) is 5.93. The van der Waals surface area contributed by atoms with Crippen molar-refractivity contribution in [2.45, 2.75) is 64.3 Å². The minimum Gasteiger partial charge on any atom is -0.494 e. The van der Waals surface area contributed by atoms with Crippen molar-refractivity contribution in [3.05, 3.63) is 47.8 Å². The summed E-state index contributed by atoms with van der Waals surface area (Å²) < 4.78 is 8.17. The van der Waals surface area contributed by atoms with Gasteiger partial charge in [0.15, 0.2) is 5.65 Å².